The molecule has 1 heterocycles. The lowest BCUT2D eigenvalue weighted by molar-refractivity contribution is -0.231. The van der Waals surface area contributed by atoms with Crippen LogP contribution >= 0.6 is 0 Å². The molecular weight excluding hydrogens is 418 g/mol. The molecule has 2 rings (SSSR count). The van der Waals surface area contributed by atoms with Gasteiger partial charge in [-0.2, -0.15) is 0 Å². The predicted molar refractivity (Wildman–Crippen MR) is 121 cm³/mol. The fraction of sp³-hybridized carbons (Fsp3) is 0.810. The van der Waals surface area contributed by atoms with Gasteiger partial charge in [0.05, 0.1) is 31.2 Å². The van der Waals surface area contributed by atoms with E-state index in [1.165, 1.54) is 5.06 Å². The van der Waals surface area contributed by atoms with E-state index in [0.29, 0.717) is 0 Å². The minimum Gasteiger partial charge on any atom is -0.466 e. The van der Waals surface area contributed by atoms with Crippen LogP contribution in [0.15, 0.2) is 12.2 Å². The number of rotatable bonds is 10. The van der Waals surface area contributed by atoms with Crippen molar-refractivity contribution in [2.75, 3.05) is 6.61 Å². The van der Waals surface area contributed by atoms with E-state index in [4.69, 9.17) is 13.7 Å². The number of hydroxylamine groups is 2. The molecule has 1 aliphatic carbocycles. The van der Waals surface area contributed by atoms with Gasteiger partial charge < -0.3 is 18.8 Å². The largest absolute Gasteiger partial charge is 0.466 e. The van der Waals surface area contributed by atoms with Crippen LogP contribution in [0.25, 0.3) is 0 Å². The summed E-state index contributed by atoms with van der Waals surface area (Å²) < 4.78 is 17.8. The van der Waals surface area contributed by atoms with E-state index in [1.807, 2.05) is 6.08 Å². The van der Waals surface area contributed by atoms with Gasteiger partial charge in [0.2, 0.25) is 14.2 Å². The Balaban J connectivity index is 2.31. The van der Waals surface area contributed by atoms with Crippen LogP contribution in [-0.4, -0.2) is 62.5 Å². The molecule has 0 aromatic carbocycles. The maximum Gasteiger partial charge on any atom is 0.309 e. The number of esters is 1. The van der Waals surface area contributed by atoms with Crippen molar-refractivity contribution < 1.29 is 28.4 Å². The Morgan fingerprint density at radius 3 is 2.43 bits per heavy atom. The van der Waals surface area contributed by atoms with Crippen molar-refractivity contribution in [3.8, 4) is 0 Å². The van der Waals surface area contributed by atoms with Gasteiger partial charge in [0.15, 0.2) is 8.32 Å². The van der Waals surface area contributed by atoms with Gasteiger partial charge in [-0.1, -0.05) is 31.9 Å². The number of ether oxygens (including phenoxy) is 1. The molecule has 1 fully saturated rings. The summed E-state index contributed by atoms with van der Waals surface area (Å²) in [5.41, 5.74) is -2.09. The Kier molecular flexibility index (Phi) is 7.78. The summed E-state index contributed by atoms with van der Waals surface area (Å²) in [5, 5.41) is 12.6. The lowest BCUT2D eigenvalue weighted by Gasteiger charge is -2.58. The van der Waals surface area contributed by atoms with E-state index >= 15 is 0 Å². The van der Waals surface area contributed by atoms with Crippen LogP contribution in [-0.2, 0) is 23.3 Å². The first-order valence-electron chi connectivity index (χ1n) is 11.0. The standard InChI is InChI=1S/C21H39NO6Si2/c1-8-10-13-30(6,7)28-22-18(23)15-21(22)12-11-20(25,16-19(24)26-9-2)14-17(21)27-29(3,4)5/h11-12,17,25H,8-10,13-16H2,1-7H3. The van der Waals surface area contributed by atoms with E-state index in [2.05, 4.69) is 39.7 Å². The molecule has 1 saturated heterocycles. The topological polar surface area (TPSA) is 85.3 Å². The van der Waals surface area contributed by atoms with E-state index < -0.39 is 39.8 Å². The van der Waals surface area contributed by atoms with Crippen LogP contribution in [0.4, 0.5) is 0 Å². The zero-order valence-electron chi connectivity index (χ0n) is 19.6. The van der Waals surface area contributed by atoms with Gasteiger partial charge in [0, 0.05) is 6.42 Å². The highest BCUT2D eigenvalue weighted by Gasteiger charge is 2.61. The first kappa shape index (κ1) is 25.3. The minimum atomic E-state index is -2.08. The molecule has 1 spiro atoms. The lowest BCUT2D eigenvalue weighted by atomic mass is 9.71. The predicted octanol–water partition coefficient (Wildman–Crippen LogP) is 3.76. The number of unbranched alkanes of at least 4 members (excludes halogenated alkanes) is 1. The first-order valence-corrected chi connectivity index (χ1v) is 17.6. The van der Waals surface area contributed by atoms with Gasteiger partial charge >= 0.3 is 5.97 Å². The van der Waals surface area contributed by atoms with Crippen LogP contribution in [0.5, 0.6) is 0 Å². The normalized spacial score (nSPS) is 29.3. The number of hydrogen-bond acceptors (Lipinski definition) is 6. The molecule has 0 radical (unpaired) electrons. The molecule has 2 aliphatic rings. The fourth-order valence-electron chi connectivity index (χ4n) is 4.07. The smallest absolute Gasteiger partial charge is 0.309 e. The van der Waals surface area contributed by atoms with Gasteiger partial charge in [-0.25, -0.2) is 5.06 Å². The van der Waals surface area contributed by atoms with Crippen LogP contribution in [0.3, 0.4) is 0 Å². The third-order valence-corrected chi connectivity index (χ3v) is 8.77. The van der Waals surface area contributed by atoms with Gasteiger partial charge in [-0.05, 0) is 45.7 Å². The van der Waals surface area contributed by atoms with Gasteiger partial charge in [-0.15, -0.1) is 0 Å². The number of β-lactam (4-membered cyclic amide) rings is 1. The summed E-state index contributed by atoms with van der Waals surface area (Å²) in [6.45, 7) is 14.6. The van der Waals surface area contributed by atoms with E-state index in [-0.39, 0.29) is 31.8 Å². The third-order valence-electron chi connectivity index (χ3n) is 5.54. The van der Waals surface area contributed by atoms with E-state index in [1.54, 1.807) is 13.0 Å². The van der Waals surface area contributed by atoms with Crippen molar-refractivity contribution in [3.05, 3.63) is 12.2 Å². The molecule has 0 aromatic heterocycles. The van der Waals surface area contributed by atoms with Crippen molar-refractivity contribution in [1.29, 1.82) is 0 Å². The summed E-state index contributed by atoms with van der Waals surface area (Å²) in [5.74, 6) is -0.505. The molecule has 1 N–H and O–H groups in total. The van der Waals surface area contributed by atoms with E-state index in [9.17, 15) is 14.7 Å². The van der Waals surface area contributed by atoms with Crippen molar-refractivity contribution in [2.24, 2.45) is 0 Å². The number of aliphatic hydroxyl groups is 1. The highest BCUT2D eigenvalue weighted by atomic mass is 28.4. The number of hydrogen-bond donors (Lipinski definition) is 1. The van der Waals surface area contributed by atoms with Gasteiger partial charge in [0.1, 0.15) is 5.54 Å². The minimum absolute atomic E-state index is 0.0586. The van der Waals surface area contributed by atoms with Crippen LogP contribution in [0.1, 0.15) is 46.0 Å². The van der Waals surface area contributed by atoms with Crippen LogP contribution in [0.2, 0.25) is 38.8 Å². The Morgan fingerprint density at radius 1 is 1.23 bits per heavy atom. The Morgan fingerprint density at radius 2 is 1.90 bits per heavy atom. The zero-order valence-corrected chi connectivity index (χ0v) is 21.6. The second kappa shape index (κ2) is 9.24. The molecule has 3 atom stereocenters. The summed E-state index contributed by atoms with van der Waals surface area (Å²) in [7, 11) is -4.09. The van der Waals surface area contributed by atoms with Crippen molar-refractivity contribution in [1.82, 2.24) is 5.06 Å². The summed E-state index contributed by atoms with van der Waals surface area (Å²) in [4.78, 5) is 24.6. The van der Waals surface area contributed by atoms with Gasteiger partial charge in [-0.3, -0.25) is 9.59 Å². The van der Waals surface area contributed by atoms with Crippen LogP contribution in [0, 0.1) is 0 Å². The third kappa shape index (κ3) is 6.03. The summed E-state index contributed by atoms with van der Waals surface area (Å²) in [6, 6.07) is 0.972. The molecule has 1 aliphatic heterocycles. The summed E-state index contributed by atoms with van der Waals surface area (Å²) in [6.07, 6.45) is 5.54. The highest BCUT2D eigenvalue weighted by Crippen LogP contribution is 2.47. The molecule has 0 bridgehead atoms. The molecule has 9 heteroatoms. The molecule has 7 nitrogen and oxygen atoms in total. The fourth-order valence-corrected chi connectivity index (χ4v) is 7.27. The number of carbonyl (C=O) groups is 2. The molecular formula is C21H39NO6Si2. The first-order chi connectivity index (χ1) is 13.8. The molecule has 0 saturated carbocycles. The van der Waals surface area contributed by atoms with Gasteiger partial charge in [0.25, 0.3) is 0 Å². The van der Waals surface area contributed by atoms with Crippen molar-refractivity contribution >= 4 is 28.5 Å². The van der Waals surface area contributed by atoms with Crippen LogP contribution < -0.4 is 0 Å². The van der Waals surface area contributed by atoms with Crippen molar-refractivity contribution in [2.45, 2.75) is 102 Å². The molecule has 3 unspecified atom stereocenters. The number of nitrogens with zero attached hydrogens (tertiary/aromatic N) is 1. The van der Waals surface area contributed by atoms with Crippen molar-refractivity contribution in [3.63, 3.8) is 0 Å². The Hall–Kier alpha value is -1.01. The molecule has 30 heavy (non-hydrogen) atoms. The molecule has 0 aromatic rings. The number of amides is 1. The SMILES string of the molecule is CCCC[Si](C)(C)ON1C(=O)CC12C=CC(O)(CC(=O)OCC)CC2O[Si](C)(C)C. The molecule has 172 valence electrons. The average molecular weight is 458 g/mol. The Labute approximate surface area is 183 Å². The van der Waals surface area contributed by atoms with E-state index in [0.717, 1.165) is 18.9 Å². The Bertz CT molecular complexity index is 677. The quantitative estimate of drug-likeness (QED) is 0.233. The number of carbonyl (C=O) groups excluding carboxylic acids is 2. The zero-order chi connectivity index (χ0) is 22.8. The maximum absolute atomic E-state index is 12.6. The average Bonchev–Trinajstić information content (AvgIpc) is 2.59. The highest BCUT2D eigenvalue weighted by molar-refractivity contribution is 6.71. The second-order valence-corrected chi connectivity index (χ2v) is 18.8. The molecule has 1 amide bonds. The second-order valence-electron chi connectivity index (χ2n) is 10.2. The lowest BCUT2D eigenvalue weighted by Crippen LogP contribution is -2.73. The monoisotopic (exact) mass is 457 g/mol. The summed E-state index contributed by atoms with van der Waals surface area (Å²) >= 11 is 0. The maximum atomic E-state index is 12.6.